The molecular weight excluding hydrogens is 356 g/mol. The zero-order valence-electron chi connectivity index (χ0n) is 17.4. The Morgan fingerprint density at radius 3 is 2.50 bits per heavy atom. The lowest BCUT2D eigenvalue weighted by atomic mass is 10.0. The van der Waals surface area contributed by atoms with Crippen LogP contribution in [0.4, 0.5) is 8.78 Å². The third-order valence-electron chi connectivity index (χ3n) is 4.62. The number of halogens is 2. The SMILES string of the molecule is CCCC#CCCC/C=C/C(CC(F)(F)C=O)N(C)CCc1ccc(C)cc1. The first-order valence-corrected chi connectivity index (χ1v) is 10.1. The van der Waals surface area contributed by atoms with Crippen molar-refractivity contribution < 1.29 is 13.6 Å². The first-order chi connectivity index (χ1) is 13.4. The molecule has 154 valence electrons. The molecule has 1 atom stereocenters. The maximum Gasteiger partial charge on any atom is 0.304 e. The van der Waals surface area contributed by atoms with Gasteiger partial charge in [-0.05, 0) is 45.2 Å². The van der Waals surface area contributed by atoms with E-state index in [2.05, 4.69) is 43.0 Å². The number of carbonyl (C=O) groups excluding carboxylic acids is 1. The normalized spacial score (nSPS) is 12.8. The minimum atomic E-state index is -3.31. The van der Waals surface area contributed by atoms with Gasteiger partial charge >= 0.3 is 5.92 Å². The van der Waals surface area contributed by atoms with Gasteiger partial charge in [0.05, 0.1) is 0 Å². The number of allylic oxidation sites excluding steroid dienone is 1. The van der Waals surface area contributed by atoms with Crippen LogP contribution in [0.5, 0.6) is 0 Å². The summed E-state index contributed by atoms with van der Waals surface area (Å²) in [4.78, 5) is 12.6. The number of benzene rings is 1. The Morgan fingerprint density at radius 1 is 1.18 bits per heavy atom. The minimum Gasteiger partial charge on any atom is -0.299 e. The number of carbonyl (C=O) groups is 1. The number of likely N-dealkylation sites (N-methyl/N-ethyl adjacent to an activating group) is 1. The van der Waals surface area contributed by atoms with Gasteiger partial charge in [-0.1, -0.05) is 48.9 Å². The topological polar surface area (TPSA) is 20.3 Å². The molecule has 0 radical (unpaired) electrons. The summed E-state index contributed by atoms with van der Waals surface area (Å²) in [6, 6.07) is 7.76. The van der Waals surface area contributed by atoms with E-state index in [9.17, 15) is 13.6 Å². The monoisotopic (exact) mass is 389 g/mol. The maximum atomic E-state index is 13.7. The molecule has 0 heterocycles. The molecule has 0 saturated heterocycles. The quantitative estimate of drug-likeness (QED) is 0.201. The molecule has 0 spiro atoms. The second kappa shape index (κ2) is 13.2. The third kappa shape index (κ3) is 10.4. The molecule has 0 aromatic heterocycles. The van der Waals surface area contributed by atoms with E-state index in [4.69, 9.17) is 0 Å². The summed E-state index contributed by atoms with van der Waals surface area (Å²) in [5, 5.41) is 0. The molecule has 0 saturated carbocycles. The van der Waals surface area contributed by atoms with Crippen molar-refractivity contribution in [2.75, 3.05) is 13.6 Å². The lowest BCUT2D eigenvalue weighted by molar-refractivity contribution is -0.131. The molecule has 1 aromatic rings. The number of hydrogen-bond donors (Lipinski definition) is 0. The van der Waals surface area contributed by atoms with Crippen molar-refractivity contribution in [3.63, 3.8) is 0 Å². The lowest BCUT2D eigenvalue weighted by Gasteiger charge is -2.27. The summed E-state index contributed by atoms with van der Waals surface area (Å²) in [6.45, 7) is 4.78. The largest absolute Gasteiger partial charge is 0.304 e. The smallest absolute Gasteiger partial charge is 0.299 e. The van der Waals surface area contributed by atoms with Crippen LogP contribution in [0.15, 0.2) is 36.4 Å². The second-order valence-electron chi connectivity index (χ2n) is 7.29. The van der Waals surface area contributed by atoms with Gasteiger partial charge in [-0.25, -0.2) is 0 Å². The fraction of sp³-hybridized carbons (Fsp3) is 0.542. The van der Waals surface area contributed by atoms with Gasteiger partial charge < -0.3 is 0 Å². The minimum absolute atomic E-state index is 0.245. The van der Waals surface area contributed by atoms with Crippen LogP contribution in [-0.4, -0.2) is 36.7 Å². The fourth-order valence-corrected chi connectivity index (χ4v) is 2.79. The predicted molar refractivity (Wildman–Crippen MR) is 113 cm³/mol. The van der Waals surface area contributed by atoms with Crippen LogP contribution in [-0.2, 0) is 11.2 Å². The van der Waals surface area contributed by atoms with Crippen molar-refractivity contribution in [2.45, 2.75) is 70.8 Å². The molecule has 1 unspecified atom stereocenters. The van der Waals surface area contributed by atoms with Crippen molar-refractivity contribution in [1.29, 1.82) is 0 Å². The summed E-state index contributed by atoms with van der Waals surface area (Å²) in [6.07, 6.45) is 8.31. The molecule has 0 bridgehead atoms. The number of rotatable bonds is 12. The van der Waals surface area contributed by atoms with E-state index in [0.29, 0.717) is 6.54 Å². The zero-order chi connectivity index (χ0) is 20.8. The average molecular weight is 390 g/mol. The van der Waals surface area contributed by atoms with Crippen molar-refractivity contribution in [1.82, 2.24) is 4.90 Å². The van der Waals surface area contributed by atoms with Crippen molar-refractivity contribution in [2.24, 2.45) is 0 Å². The highest BCUT2D eigenvalue weighted by Gasteiger charge is 2.32. The Bertz CT molecular complexity index is 655. The Labute approximate surface area is 169 Å². The van der Waals surface area contributed by atoms with Crippen LogP contribution >= 0.6 is 0 Å². The molecule has 2 nitrogen and oxygen atoms in total. The van der Waals surface area contributed by atoms with E-state index < -0.39 is 18.4 Å². The Morgan fingerprint density at radius 2 is 1.86 bits per heavy atom. The van der Waals surface area contributed by atoms with E-state index >= 15 is 0 Å². The van der Waals surface area contributed by atoms with Crippen LogP contribution in [0.3, 0.4) is 0 Å². The number of hydrogen-bond acceptors (Lipinski definition) is 2. The molecular formula is C24H33F2NO. The molecule has 0 fully saturated rings. The Balaban J connectivity index is 2.59. The Hall–Kier alpha value is -1.99. The van der Waals surface area contributed by atoms with Gasteiger partial charge in [0.2, 0.25) is 0 Å². The number of aryl methyl sites for hydroxylation is 1. The van der Waals surface area contributed by atoms with Gasteiger partial charge in [0.25, 0.3) is 0 Å². The summed E-state index contributed by atoms with van der Waals surface area (Å²) in [5.41, 5.74) is 2.37. The van der Waals surface area contributed by atoms with Gasteiger partial charge in [0.15, 0.2) is 6.29 Å². The number of nitrogens with zero attached hydrogens (tertiary/aromatic N) is 1. The molecule has 1 aromatic carbocycles. The summed E-state index contributed by atoms with van der Waals surface area (Å²) in [7, 11) is 1.83. The highest BCUT2D eigenvalue weighted by atomic mass is 19.3. The molecule has 1 rings (SSSR count). The fourth-order valence-electron chi connectivity index (χ4n) is 2.79. The second-order valence-corrected chi connectivity index (χ2v) is 7.29. The molecule has 28 heavy (non-hydrogen) atoms. The molecule has 0 amide bonds. The van der Waals surface area contributed by atoms with Crippen molar-refractivity contribution in [3.05, 3.63) is 47.5 Å². The van der Waals surface area contributed by atoms with Gasteiger partial charge in [-0.3, -0.25) is 9.69 Å². The van der Waals surface area contributed by atoms with Gasteiger partial charge in [-0.15, -0.1) is 11.8 Å². The summed E-state index contributed by atoms with van der Waals surface area (Å²) in [5.74, 6) is 2.93. The van der Waals surface area contributed by atoms with Crippen LogP contribution < -0.4 is 0 Å². The van der Waals surface area contributed by atoms with E-state index in [-0.39, 0.29) is 6.29 Å². The number of unbranched alkanes of at least 4 members (excludes halogenated alkanes) is 3. The van der Waals surface area contributed by atoms with Crippen LogP contribution in [0.25, 0.3) is 0 Å². The standard InChI is InChI=1S/C24H33F2NO/c1-4-5-6-7-8-9-10-11-12-23(19-24(25,26)20-28)27(3)18-17-22-15-13-21(2)14-16-22/h11-16,20,23H,4-5,8-10,17-19H2,1-3H3/b12-11+. The predicted octanol–water partition coefficient (Wildman–Crippen LogP) is 5.59. The first-order valence-electron chi connectivity index (χ1n) is 10.1. The van der Waals surface area contributed by atoms with Crippen LogP contribution in [0, 0.1) is 18.8 Å². The highest BCUT2D eigenvalue weighted by Crippen LogP contribution is 2.21. The molecule has 0 aliphatic heterocycles. The van der Waals surface area contributed by atoms with Gasteiger partial charge in [0.1, 0.15) is 0 Å². The van der Waals surface area contributed by atoms with Crippen molar-refractivity contribution in [3.8, 4) is 11.8 Å². The van der Waals surface area contributed by atoms with Gasteiger partial charge in [-0.2, -0.15) is 8.78 Å². The molecule has 0 aliphatic rings. The number of aldehydes is 1. The van der Waals surface area contributed by atoms with Crippen molar-refractivity contribution >= 4 is 6.29 Å². The van der Waals surface area contributed by atoms with Crippen LogP contribution in [0.1, 0.15) is 56.6 Å². The summed E-state index contributed by atoms with van der Waals surface area (Å²) >= 11 is 0. The first kappa shape index (κ1) is 24.0. The van der Waals surface area contributed by atoms with E-state index in [1.165, 1.54) is 11.1 Å². The average Bonchev–Trinajstić information content (AvgIpc) is 2.68. The third-order valence-corrected chi connectivity index (χ3v) is 4.62. The molecule has 0 N–H and O–H groups in total. The lowest BCUT2D eigenvalue weighted by Crippen LogP contribution is -2.37. The zero-order valence-corrected chi connectivity index (χ0v) is 17.4. The molecule has 0 aliphatic carbocycles. The van der Waals surface area contributed by atoms with E-state index in [1.807, 2.05) is 31.0 Å². The molecule has 4 heteroatoms. The van der Waals surface area contributed by atoms with Crippen LogP contribution in [0.2, 0.25) is 0 Å². The Kier molecular flexibility index (Phi) is 11.4. The van der Waals surface area contributed by atoms with E-state index in [1.54, 1.807) is 0 Å². The maximum absolute atomic E-state index is 13.7. The van der Waals surface area contributed by atoms with E-state index in [0.717, 1.165) is 38.5 Å². The summed E-state index contributed by atoms with van der Waals surface area (Å²) < 4.78 is 27.3. The number of alkyl halides is 2. The highest BCUT2D eigenvalue weighted by molar-refractivity contribution is 5.59. The van der Waals surface area contributed by atoms with Gasteiger partial charge in [0, 0.05) is 31.8 Å².